The lowest BCUT2D eigenvalue weighted by atomic mass is 9.75. The van der Waals surface area contributed by atoms with Gasteiger partial charge in [-0.1, -0.05) is 76.8 Å². The third-order valence-corrected chi connectivity index (χ3v) is 5.95. The van der Waals surface area contributed by atoms with Gasteiger partial charge in [-0.2, -0.15) is 0 Å². The van der Waals surface area contributed by atoms with Crippen LogP contribution in [0.15, 0.2) is 37.0 Å². The molecule has 0 fully saturated rings. The second kappa shape index (κ2) is 16.2. The monoisotopic (exact) mass is 404 g/mol. The van der Waals surface area contributed by atoms with Gasteiger partial charge in [0.1, 0.15) is 5.78 Å². The molecule has 0 aliphatic carbocycles. The van der Waals surface area contributed by atoms with E-state index in [0.717, 1.165) is 69.8 Å². The topological polar surface area (TPSA) is 54.4 Å². The summed E-state index contributed by atoms with van der Waals surface area (Å²) in [5, 5.41) is 9.91. The molecule has 0 radical (unpaired) electrons. The number of carboxylic acid groups (broad SMARTS) is 1. The first-order valence-corrected chi connectivity index (χ1v) is 11.5. The first-order valence-electron chi connectivity index (χ1n) is 11.5. The molecule has 3 atom stereocenters. The van der Waals surface area contributed by atoms with E-state index >= 15 is 0 Å². The van der Waals surface area contributed by atoms with Gasteiger partial charge in [-0.15, -0.1) is 6.58 Å². The van der Waals surface area contributed by atoms with Crippen LogP contribution < -0.4 is 0 Å². The van der Waals surface area contributed by atoms with Crippen LogP contribution in [0.5, 0.6) is 0 Å². The minimum atomic E-state index is -0.866. The number of hydrogen-bond acceptors (Lipinski definition) is 2. The van der Waals surface area contributed by atoms with Gasteiger partial charge in [-0.05, 0) is 50.4 Å². The van der Waals surface area contributed by atoms with Crippen LogP contribution in [0.2, 0.25) is 0 Å². The van der Waals surface area contributed by atoms with E-state index in [9.17, 15) is 14.7 Å². The van der Waals surface area contributed by atoms with Gasteiger partial charge in [0.15, 0.2) is 0 Å². The van der Waals surface area contributed by atoms with E-state index in [4.69, 9.17) is 0 Å². The number of rotatable bonds is 19. The quantitative estimate of drug-likeness (QED) is 0.179. The summed E-state index contributed by atoms with van der Waals surface area (Å²) in [6, 6.07) is 0. The van der Waals surface area contributed by atoms with Gasteiger partial charge in [-0.25, -0.2) is 0 Å². The van der Waals surface area contributed by atoms with Gasteiger partial charge in [0, 0.05) is 12.8 Å². The molecule has 1 N–H and O–H groups in total. The fourth-order valence-electron chi connectivity index (χ4n) is 3.97. The number of ketones is 1. The molecule has 166 valence electrons. The van der Waals surface area contributed by atoms with Crippen LogP contribution in [0.4, 0.5) is 0 Å². The zero-order chi connectivity index (χ0) is 22.2. The van der Waals surface area contributed by atoms with Gasteiger partial charge < -0.3 is 5.11 Å². The maximum Gasteiger partial charge on any atom is 0.307 e. The highest BCUT2D eigenvalue weighted by molar-refractivity contribution is 5.84. The normalized spacial score (nSPS) is 14.0. The summed E-state index contributed by atoms with van der Waals surface area (Å²) < 4.78 is 0. The molecule has 3 unspecified atom stereocenters. The molecular formula is C26H44O3. The van der Waals surface area contributed by atoms with Gasteiger partial charge >= 0.3 is 5.97 Å². The van der Waals surface area contributed by atoms with Crippen molar-refractivity contribution in [3.63, 3.8) is 0 Å². The number of aliphatic carboxylic acids is 1. The predicted molar refractivity (Wildman–Crippen MR) is 124 cm³/mol. The van der Waals surface area contributed by atoms with E-state index in [1.165, 1.54) is 5.57 Å². The lowest BCUT2D eigenvalue weighted by molar-refractivity contribution is -0.145. The number of hydrogen-bond donors (Lipinski definition) is 1. The number of carbonyl (C=O) groups is 2. The fourth-order valence-corrected chi connectivity index (χ4v) is 3.97. The highest BCUT2D eigenvalue weighted by Crippen LogP contribution is 2.35. The summed E-state index contributed by atoms with van der Waals surface area (Å²) in [5.74, 6) is -1.30. The molecule has 0 amide bonds. The van der Waals surface area contributed by atoms with Gasteiger partial charge in [0.05, 0.1) is 5.92 Å². The van der Waals surface area contributed by atoms with Crippen molar-refractivity contribution in [2.45, 2.75) is 97.8 Å². The van der Waals surface area contributed by atoms with Crippen molar-refractivity contribution >= 4 is 11.8 Å². The number of carboxylic acids is 1. The maximum atomic E-state index is 12.4. The third kappa shape index (κ3) is 11.2. The lowest BCUT2D eigenvalue weighted by Crippen LogP contribution is -2.28. The Balaban J connectivity index is 5.28. The molecule has 0 rings (SSSR count). The highest BCUT2D eigenvalue weighted by Gasteiger charge is 2.32. The van der Waals surface area contributed by atoms with Crippen LogP contribution in [0, 0.1) is 17.8 Å². The second-order valence-corrected chi connectivity index (χ2v) is 8.35. The molecule has 0 aliphatic heterocycles. The molecule has 0 saturated heterocycles. The maximum absolute atomic E-state index is 12.4. The molecular weight excluding hydrogens is 360 g/mol. The van der Waals surface area contributed by atoms with Crippen molar-refractivity contribution in [2.24, 2.45) is 17.8 Å². The summed E-state index contributed by atoms with van der Waals surface area (Å²) >= 11 is 0. The van der Waals surface area contributed by atoms with Crippen molar-refractivity contribution in [2.75, 3.05) is 0 Å². The Morgan fingerprint density at radius 2 is 1.55 bits per heavy atom. The summed E-state index contributed by atoms with van der Waals surface area (Å²) in [4.78, 5) is 24.5. The Bertz CT molecular complexity index is 532. The Morgan fingerprint density at radius 1 is 0.897 bits per heavy atom. The minimum absolute atomic E-state index is 0.0718. The molecule has 29 heavy (non-hydrogen) atoms. The van der Waals surface area contributed by atoms with Crippen molar-refractivity contribution in [3.05, 3.63) is 37.0 Å². The van der Waals surface area contributed by atoms with Crippen molar-refractivity contribution < 1.29 is 14.7 Å². The van der Waals surface area contributed by atoms with E-state index in [1.54, 1.807) is 0 Å². The van der Waals surface area contributed by atoms with Gasteiger partial charge in [0.25, 0.3) is 0 Å². The number of Topliss-reactive ketones (excluding diaryl/α,β-unsaturated/α-hetero) is 1. The first-order chi connectivity index (χ1) is 13.8. The SMILES string of the molecule is C=CCCC(=C)C(CC)CC(=C)C(CCCC)C(CC(=O)CCCCC)C(=O)O. The van der Waals surface area contributed by atoms with Crippen molar-refractivity contribution in [1.29, 1.82) is 0 Å². The van der Waals surface area contributed by atoms with E-state index in [1.807, 2.05) is 6.08 Å². The molecule has 0 spiro atoms. The third-order valence-electron chi connectivity index (χ3n) is 5.95. The Labute approximate surface area is 179 Å². The molecule has 0 heterocycles. The Morgan fingerprint density at radius 3 is 2.07 bits per heavy atom. The van der Waals surface area contributed by atoms with Crippen molar-refractivity contribution in [1.82, 2.24) is 0 Å². The van der Waals surface area contributed by atoms with Gasteiger partial charge in [-0.3, -0.25) is 9.59 Å². The molecule has 0 aromatic carbocycles. The van der Waals surface area contributed by atoms with Crippen LogP contribution in [-0.4, -0.2) is 16.9 Å². The summed E-state index contributed by atoms with van der Waals surface area (Å²) in [7, 11) is 0. The van der Waals surface area contributed by atoms with Crippen LogP contribution in [0.25, 0.3) is 0 Å². The molecule has 3 heteroatoms. The van der Waals surface area contributed by atoms with Gasteiger partial charge in [0.2, 0.25) is 0 Å². The Kier molecular flexibility index (Phi) is 15.3. The highest BCUT2D eigenvalue weighted by atomic mass is 16.4. The molecule has 0 aromatic rings. The predicted octanol–water partition coefficient (Wildman–Crippen LogP) is 7.53. The van der Waals surface area contributed by atoms with E-state index < -0.39 is 11.9 Å². The molecule has 0 saturated carbocycles. The minimum Gasteiger partial charge on any atom is -0.481 e. The Hall–Kier alpha value is -1.64. The smallest absolute Gasteiger partial charge is 0.307 e. The summed E-state index contributed by atoms with van der Waals surface area (Å²) in [6.45, 7) is 18.7. The second-order valence-electron chi connectivity index (χ2n) is 8.35. The van der Waals surface area contributed by atoms with Crippen LogP contribution in [0.1, 0.15) is 97.8 Å². The number of allylic oxidation sites excluding steroid dienone is 3. The van der Waals surface area contributed by atoms with E-state index in [0.29, 0.717) is 12.3 Å². The lowest BCUT2D eigenvalue weighted by Gasteiger charge is -2.29. The van der Waals surface area contributed by atoms with E-state index in [2.05, 4.69) is 40.5 Å². The average molecular weight is 405 g/mol. The summed E-state index contributed by atoms with van der Waals surface area (Å²) in [6.07, 6.45) is 11.7. The van der Waals surface area contributed by atoms with Crippen LogP contribution in [-0.2, 0) is 9.59 Å². The van der Waals surface area contributed by atoms with E-state index in [-0.39, 0.29) is 18.1 Å². The number of unbranched alkanes of at least 4 members (excludes halogenated alkanes) is 3. The average Bonchev–Trinajstić information content (AvgIpc) is 2.69. The zero-order valence-electron chi connectivity index (χ0n) is 19.2. The molecule has 3 nitrogen and oxygen atoms in total. The largest absolute Gasteiger partial charge is 0.481 e. The van der Waals surface area contributed by atoms with Crippen LogP contribution in [0.3, 0.4) is 0 Å². The zero-order valence-corrected chi connectivity index (χ0v) is 19.2. The molecule has 0 bridgehead atoms. The fraction of sp³-hybridized carbons (Fsp3) is 0.692. The summed E-state index contributed by atoms with van der Waals surface area (Å²) in [5.41, 5.74) is 2.16. The van der Waals surface area contributed by atoms with Crippen LogP contribution >= 0.6 is 0 Å². The molecule has 0 aliphatic rings. The standard InChI is InChI=1S/C26H44O3/c1-7-11-14-16-23(27)19-25(26(28)29)24(17-13-9-3)21(6)18-22(10-4)20(5)15-12-8-2/h8,22,24-25H,2,5-7,9-19H2,1,3-4H3,(H,28,29). The molecule has 0 aromatic heterocycles. The number of carbonyl (C=O) groups excluding carboxylic acids is 1. The first kappa shape index (κ1) is 27.4. The van der Waals surface area contributed by atoms with Crippen molar-refractivity contribution in [3.8, 4) is 0 Å².